The van der Waals surface area contributed by atoms with Crippen LogP contribution in [0, 0.1) is 0 Å². The summed E-state index contributed by atoms with van der Waals surface area (Å²) < 4.78 is 0.607. The number of urea groups is 1. The zero-order valence-electron chi connectivity index (χ0n) is 13.3. The number of ketones is 1. The molecule has 0 fully saturated rings. The van der Waals surface area contributed by atoms with Crippen LogP contribution < -0.4 is 10.6 Å². The van der Waals surface area contributed by atoms with Crippen LogP contribution in [-0.2, 0) is 0 Å². The van der Waals surface area contributed by atoms with E-state index >= 15 is 0 Å². The first-order valence-electron chi connectivity index (χ1n) is 7.48. The predicted octanol–water partition coefficient (Wildman–Crippen LogP) is 4.81. The van der Waals surface area contributed by atoms with Gasteiger partial charge < -0.3 is 5.32 Å². The van der Waals surface area contributed by atoms with Gasteiger partial charge in [-0.25, -0.2) is 4.79 Å². The fourth-order valence-corrected chi connectivity index (χ4v) is 3.71. The van der Waals surface area contributed by atoms with E-state index in [0.29, 0.717) is 25.7 Å². The summed E-state index contributed by atoms with van der Waals surface area (Å²) in [7, 11) is 0. The second kappa shape index (κ2) is 8.79. The lowest BCUT2D eigenvalue weighted by atomic mass is 10.2. The van der Waals surface area contributed by atoms with E-state index < -0.39 is 6.03 Å². The number of amides is 2. The summed E-state index contributed by atoms with van der Waals surface area (Å²) in [6, 6.07) is 15.4. The van der Waals surface area contributed by atoms with Crippen LogP contribution in [-0.4, -0.2) is 27.8 Å². The fraction of sp³-hybridized carbons (Fsp3) is 0.0588. The quantitative estimate of drug-likeness (QED) is 0.350. The molecule has 0 aliphatic carbocycles. The minimum Gasteiger partial charge on any atom is -0.308 e. The average Bonchev–Trinajstić information content (AvgIpc) is 3.09. The third kappa shape index (κ3) is 5.29. The largest absolute Gasteiger partial charge is 0.325 e. The number of hydrogen-bond acceptors (Lipinski definition) is 6. The van der Waals surface area contributed by atoms with Crippen molar-refractivity contribution in [2.45, 2.75) is 4.34 Å². The average molecular weight is 405 g/mol. The number of nitrogens with one attached hydrogen (secondary N) is 2. The predicted molar refractivity (Wildman–Crippen MR) is 105 cm³/mol. The molecule has 0 bridgehead atoms. The molecule has 3 aromatic rings. The molecular formula is C17H13ClN4O2S2. The Hall–Kier alpha value is -2.42. The Labute approximate surface area is 163 Å². The normalized spacial score (nSPS) is 10.3. The summed E-state index contributed by atoms with van der Waals surface area (Å²) in [4.78, 5) is 24.0. The molecule has 26 heavy (non-hydrogen) atoms. The Bertz CT molecular complexity index is 901. The molecule has 6 nitrogen and oxygen atoms in total. The maximum absolute atomic E-state index is 12.1. The molecule has 0 spiro atoms. The highest BCUT2D eigenvalue weighted by Crippen LogP contribution is 2.26. The number of carbonyl (C=O) groups excluding carboxylic acids is 2. The molecule has 0 saturated carbocycles. The Kier molecular flexibility index (Phi) is 6.21. The number of carbonyl (C=O) groups is 2. The number of Topliss-reactive ketones (excluding diaryl/α,β-unsaturated/α-hetero) is 1. The maximum atomic E-state index is 12.1. The first kappa shape index (κ1) is 18.4. The number of nitrogens with zero attached hydrogens (tertiary/aromatic N) is 2. The van der Waals surface area contributed by atoms with Crippen molar-refractivity contribution in [3.8, 4) is 0 Å². The highest BCUT2D eigenvalue weighted by molar-refractivity contribution is 8.01. The van der Waals surface area contributed by atoms with Crippen molar-refractivity contribution in [3.05, 3.63) is 65.2 Å². The first-order chi connectivity index (χ1) is 12.6. The van der Waals surface area contributed by atoms with Crippen LogP contribution in [0.4, 0.5) is 15.6 Å². The summed E-state index contributed by atoms with van der Waals surface area (Å²) in [6.45, 7) is 0. The minimum absolute atomic E-state index is 0.0146. The van der Waals surface area contributed by atoms with Crippen molar-refractivity contribution in [1.82, 2.24) is 10.2 Å². The molecule has 0 saturated heterocycles. The lowest BCUT2D eigenvalue weighted by Gasteiger charge is -2.04. The smallest absolute Gasteiger partial charge is 0.308 e. The van der Waals surface area contributed by atoms with Gasteiger partial charge in [-0.05, 0) is 24.3 Å². The summed E-state index contributed by atoms with van der Waals surface area (Å²) in [5.74, 6) is 0.274. The molecule has 0 aliphatic rings. The van der Waals surface area contributed by atoms with E-state index in [1.165, 1.54) is 23.1 Å². The van der Waals surface area contributed by atoms with Crippen LogP contribution in [0.2, 0.25) is 5.02 Å². The Balaban J connectivity index is 1.50. The highest BCUT2D eigenvalue weighted by Gasteiger charge is 2.11. The van der Waals surface area contributed by atoms with E-state index in [9.17, 15) is 9.59 Å². The van der Waals surface area contributed by atoms with Crippen molar-refractivity contribution in [3.63, 3.8) is 0 Å². The Morgan fingerprint density at radius 2 is 1.73 bits per heavy atom. The zero-order valence-corrected chi connectivity index (χ0v) is 15.7. The number of rotatable bonds is 6. The van der Waals surface area contributed by atoms with Gasteiger partial charge in [-0.15, -0.1) is 10.2 Å². The zero-order chi connectivity index (χ0) is 18.4. The van der Waals surface area contributed by atoms with Crippen LogP contribution in [0.3, 0.4) is 0 Å². The van der Waals surface area contributed by atoms with Gasteiger partial charge in [-0.1, -0.05) is 65.0 Å². The standard InChI is InChI=1S/C17H13ClN4O2S2/c18-12-6-8-13(9-7-12)19-15(24)20-16-21-22-17(26-16)25-10-14(23)11-4-2-1-3-5-11/h1-9H,10H2,(H2,19,20,21,24). The van der Waals surface area contributed by atoms with E-state index in [2.05, 4.69) is 20.8 Å². The van der Waals surface area contributed by atoms with Gasteiger partial charge in [0.25, 0.3) is 0 Å². The van der Waals surface area contributed by atoms with E-state index in [0.717, 1.165) is 0 Å². The number of thioether (sulfide) groups is 1. The summed E-state index contributed by atoms with van der Waals surface area (Å²) in [5, 5.41) is 14.1. The van der Waals surface area contributed by atoms with Gasteiger partial charge in [0.15, 0.2) is 10.1 Å². The molecule has 1 heterocycles. The molecule has 132 valence electrons. The van der Waals surface area contributed by atoms with Gasteiger partial charge in [0, 0.05) is 16.3 Å². The topological polar surface area (TPSA) is 84.0 Å². The van der Waals surface area contributed by atoms with E-state index in [1.54, 1.807) is 36.4 Å². The van der Waals surface area contributed by atoms with Crippen LogP contribution in [0.15, 0.2) is 58.9 Å². The van der Waals surface area contributed by atoms with Crippen LogP contribution in [0.25, 0.3) is 0 Å². The van der Waals surface area contributed by atoms with Crippen molar-refractivity contribution < 1.29 is 9.59 Å². The summed E-state index contributed by atoms with van der Waals surface area (Å²) in [6.07, 6.45) is 0. The SMILES string of the molecule is O=C(Nc1ccc(Cl)cc1)Nc1nnc(SCC(=O)c2ccccc2)s1. The summed E-state index contributed by atoms with van der Waals surface area (Å²) >= 11 is 8.29. The molecular weight excluding hydrogens is 392 g/mol. The van der Waals surface area contributed by atoms with Crippen LogP contribution in [0.1, 0.15) is 10.4 Å². The van der Waals surface area contributed by atoms with Gasteiger partial charge in [0.2, 0.25) is 5.13 Å². The van der Waals surface area contributed by atoms with Gasteiger partial charge >= 0.3 is 6.03 Å². The molecule has 9 heteroatoms. The lowest BCUT2D eigenvalue weighted by molar-refractivity contribution is 0.102. The molecule has 0 atom stereocenters. The van der Waals surface area contributed by atoms with E-state index in [1.807, 2.05) is 18.2 Å². The molecule has 0 aliphatic heterocycles. The number of anilines is 2. The van der Waals surface area contributed by atoms with Crippen LogP contribution >= 0.6 is 34.7 Å². The summed E-state index contributed by atoms with van der Waals surface area (Å²) in [5.41, 5.74) is 1.27. The first-order valence-corrected chi connectivity index (χ1v) is 9.66. The van der Waals surface area contributed by atoms with E-state index in [4.69, 9.17) is 11.6 Å². The van der Waals surface area contributed by atoms with Crippen molar-refractivity contribution in [2.24, 2.45) is 0 Å². The molecule has 0 unspecified atom stereocenters. The maximum Gasteiger partial charge on any atom is 0.325 e. The minimum atomic E-state index is -0.430. The second-order valence-corrected chi connectivity index (χ2v) is 7.67. The molecule has 2 N–H and O–H groups in total. The van der Waals surface area contributed by atoms with Gasteiger partial charge in [0.1, 0.15) is 0 Å². The van der Waals surface area contributed by atoms with Gasteiger partial charge in [-0.3, -0.25) is 10.1 Å². The van der Waals surface area contributed by atoms with Crippen molar-refractivity contribution in [2.75, 3.05) is 16.4 Å². The molecule has 2 aromatic carbocycles. The Morgan fingerprint density at radius 1 is 1.00 bits per heavy atom. The van der Waals surface area contributed by atoms with E-state index in [-0.39, 0.29) is 11.5 Å². The Morgan fingerprint density at radius 3 is 2.46 bits per heavy atom. The van der Waals surface area contributed by atoms with Crippen molar-refractivity contribution >= 4 is 57.3 Å². The molecule has 2 amide bonds. The van der Waals surface area contributed by atoms with Crippen LogP contribution in [0.5, 0.6) is 0 Å². The number of aromatic nitrogens is 2. The molecule has 3 rings (SSSR count). The third-order valence-corrected chi connectivity index (χ3v) is 5.38. The number of hydrogen-bond donors (Lipinski definition) is 2. The second-order valence-electron chi connectivity index (χ2n) is 5.04. The lowest BCUT2D eigenvalue weighted by Crippen LogP contribution is -2.19. The number of halogens is 1. The van der Waals surface area contributed by atoms with Gasteiger partial charge in [-0.2, -0.15) is 0 Å². The molecule has 1 aromatic heterocycles. The fourth-order valence-electron chi connectivity index (χ4n) is 1.95. The molecule has 0 radical (unpaired) electrons. The third-order valence-electron chi connectivity index (χ3n) is 3.15. The van der Waals surface area contributed by atoms with Crippen molar-refractivity contribution in [1.29, 1.82) is 0 Å². The monoisotopic (exact) mass is 404 g/mol. The van der Waals surface area contributed by atoms with Gasteiger partial charge in [0.05, 0.1) is 5.75 Å². The number of benzene rings is 2. The highest BCUT2D eigenvalue weighted by atomic mass is 35.5.